The predicted molar refractivity (Wildman–Crippen MR) is 167 cm³/mol. The number of ether oxygens (including phenoxy) is 1. The van der Waals surface area contributed by atoms with Crippen LogP contribution in [0.3, 0.4) is 0 Å². The molecule has 0 radical (unpaired) electrons. The minimum atomic E-state index is -4.02. The number of amides is 2. The number of hydrazine groups is 1. The molecule has 0 aliphatic carbocycles. The monoisotopic (exact) mass is 616 g/mol. The summed E-state index contributed by atoms with van der Waals surface area (Å²) in [5.74, 6) is -0.223. The average molecular weight is 617 g/mol. The number of benzene rings is 2. The van der Waals surface area contributed by atoms with Crippen LogP contribution in [0.5, 0.6) is 5.75 Å². The van der Waals surface area contributed by atoms with Crippen molar-refractivity contribution >= 4 is 21.8 Å². The molecule has 43 heavy (non-hydrogen) atoms. The highest BCUT2D eigenvalue weighted by atomic mass is 32.2. The van der Waals surface area contributed by atoms with Crippen LogP contribution in [-0.2, 0) is 26.0 Å². The number of nitrogens with zero attached hydrogens (tertiary/aromatic N) is 2. The number of hydrogen-bond donors (Lipinski definition) is 3. The van der Waals surface area contributed by atoms with Crippen LogP contribution in [0, 0.1) is 11.3 Å². The fourth-order valence-corrected chi connectivity index (χ4v) is 6.76. The fourth-order valence-electron chi connectivity index (χ4n) is 5.13. The summed E-state index contributed by atoms with van der Waals surface area (Å²) in [6, 6.07) is 14.1. The SMILES string of the molecule is COc1ccc(S(=O)(=O)N(CC(C)C)C[C@@H](O)[C@H](Cc2ccccc2)N(NC(=O)C2CCCN2)C(=O)CC(C)(C)C)cc1. The Kier molecular flexibility index (Phi) is 12.1. The Hall–Kier alpha value is -2.99. The van der Waals surface area contributed by atoms with E-state index in [9.17, 15) is 23.1 Å². The molecule has 1 heterocycles. The topological polar surface area (TPSA) is 128 Å². The Morgan fingerprint density at radius 1 is 1.07 bits per heavy atom. The van der Waals surface area contributed by atoms with E-state index in [2.05, 4.69) is 10.7 Å². The van der Waals surface area contributed by atoms with Crippen molar-refractivity contribution in [1.82, 2.24) is 20.1 Å². The Labute approximate surface area is 256 Å². The van der Waals surface area contributed by atoms with Gasteiger partial charge in [0.15, 0.2) is 0 Å². The van der Waals surface area contributed by atoms with E-state index in [-0.39, 0.29) is 48.6 Å². The zero-order valence-corrected chi connectivity index (χ0v) is 27.1. The highest BCUT2D eigenvalue weighted by Crippen LogP contribution is 2.25. The summed E-state index contributed by atoms with van der Waals surface area (Å²) in [6.07, 6.45) is 0.476. The van der Waals surface area contributed by atoms with Crippen LogP contribution in [-0.4, -0.2) is 79.6 Å². The second-order valence-corrected chi connectivity index (χ2v) is 14.8. The summed E-state index contributed by atoms with van der Waals surface area (Å²) >= 11 is 0. The Morgan fingerprint density at radius 3 is 2.26 bits per heavy atom. The quantitative estimate of drug-likeness (QED) is 0.295. The molecular formula is C32H48N4O6S. The van der Waals surface area contributed by atoms with E-state index >= 15 is 0 Å². The molecule has 11 heteroatoms. The minimum Gasteiger partial charge on any atom is -0.497 e. The van der Waals surface area contributed by atoms with E-state index in [1.54, 1.807) is 12.1 Å². The van der Waals surface area contributed by atoms with E-state index in [4.69, 9.17) is 4.74 Å². The van der Waals surface area contributed by atoms with Crippen LogP contribution >= 0.6 is 0 Å². The van der Waals surface area contributed by atoms with Gasteiger partial charge in [-0.3, -0.25) is 15.0 Å². The van der Waals surface area contributed by atoms with Gasteiger partial charge >= 0.3 is 0 Å². The van der Waals surface area contributed by atoms with Crippen molar-refractivity contribution in [1.29, 1.82) is 0 Å². The lowest BCUT2D eigenvalue weighted by Gasteiger charge is -2.38. The molecule has 1 aliphatic rings. The maximum atomic E-state index is 13.8. The van der Waals surface area contributed by atoms with Gasteiger partial charge in [-0.15, -0.1) is 0 Å². The molecule has 2 amide bonds. The summed E-state index contributed by atoms with van der Waals surface area (Å²) in [6.45, 7) is 10.2. The predicted octanol–water partition coefficient (Wildman–Crippen LogP) is 3.36. The molecule has 238 valence electrons. The maximum Gasteiger partial charge on any atom is 0.255 e. The van der Waals surface area contributed by atoms with Crippen molar-refractivity contribution < 1.29 is 27.9 Å². The molecule has 3 N–H and O–H groups in total. The number of nitrogens with one attached hydrogen (secondary N) is 2. The van der Waals surface area contributed by atoms with Crippen molar-refractivity contribution in [2.75, 3.05) is 26.7 Å². The fraction of sp³-hybridized carbons (Fsp3) is 0.562. The van der Waals surface area contributed by atoms with Crippen molar-refractivity contribution in [2.45, 2.75) is 83.4 Å². The third-order valence-corrected chi connectivity index (χ3v) is 9.12. The molecule has 2 aromatic rings. The number of methoxy groups -OCH3 is 1. The van der Waals surface area contributed by atoms with E-state index in [1.165, 1.54) is 28.6 Å². The molecule has 0 aromatic heterocycles. The maximum absolute atomic E-state index is 13.8. The minimum absolute atomic E-state index is 0.0421. The van der Waals surface area contributed by atoms with Crippen molar-refractivity contribution in [3.63, 3.8) is 0 Å². The lowest BCUT2D eigenvalue weighted by atomic mass is 9.91. The normalized spacial score (nSPS) is 17.1. The largest absolute Gasteiger partial charge is 0.497 e. The summed E-state index contributed by atoms with van der Waals surface area (Å²) in [4.78, 5) is 27.2. The number of carbonyl (C=O) groups is 2. The van der Waals surface area contributed by atoms with E-state index < -0.39 is 33.6 Å². The van der Waals surface area contributed by atoms with Crippen LogP contribution in [0.2, 0.25) is 0 Å². The van der Waals surface area contributed by atoms with Crippen molar-refractivity contribution in [2.24, 2.45) is 11.3 Å². The van der Waals surface area contributed by atoms with Crippen molar-refractivity contribution in [3.8, 4) is 5.75 Å². The molecule has 3 atom stereocenters. The highest BCUT2D eigenvalue weighted by molar-refractivity contribution is 7.89. The Morgan fingerprint density at radius 2 is 1.72 bits per heavy atom. The van der Waals surface area contributed by atoms with Crippen LogP contribution < -0.4 is 15.5 Å². The van der Waals surface area contributed by atoms with Gasteiger partial charge in [0, 0.05) is 19.5 Å². The van der Waals surface area contributed by atoms with Gasteiger partial charge in [0.25, 0.3) is 5.91 Å². The van der Waals surface area contributed by atoms with Gasteiger partial charge in [0.05, 0.1) is 30.2 Å². The molecule has 0 spiro atoms. The second-order valence-electron chi connectivity index (χ2n) is 12.8. The molecule has 0 saturated carbocycles. The second kappa shape index (κ2) is 15.1. The molecule has 10 nitrogen and oxygen atoms in total. The van der Waals surface area contributed by atoms with Gasteiger partial charge in [-0.2, -0.15) is 4.31 Å². The van der Waals surface area contributed by atoms with Gasteiger partial charge < -0.3 is 15.2 Å². The third kappa shape index (κ3) is 10.0. The summed E-state index contributed by atoms with van der Waals surface area (Å²) in [7, 11) is -2.51. The van der Waals surface area contributed by atoms with Gasteiger partial charge in [0.2, 0.25) is 15.9 Å². The van der Waals surface area contributed by atoms with E-state index in [0.29, 0.717) is 18.7 Å². The molecule has 3 rings (SSSR count). The summed E-state index contributed by atoms with van der Waals surface area (Å²) < 4.78 is 34.1. The first kappa shape index (κ1) is 34.5. The molecule has 1 unspecified atom stereocenters. The van der Waals surface area contributed by atoms with Gasteiger partial charge in [0.1, 0.15) is 5.75 Å². The molecular weight excluding hydrogens is 568 g/mol. The Balaban J connectivity index is 2.01. The smallest absolute Gasteiger partial charge is 0.255 e. The molecule has 1 saturated heterocycles. The number of carbonyl (C=O) groups excluding carboxylic acids is 2. The molecule has 1 fully saturated rings. The first-order chi connectivity index (χ1) is 20.2. The zero-order chi connectivity index (χ0) is 31.8. The summed E-state index contributed by atoms with van der Waals surface area (Å²) in [5, 5.41) is 16.3. The molecule has 1 aliphatic heterocycles. The summed E-state index contributed by atoms with van der Waals surface area (Å²) in [5.41, 5.74) is 3.26. The van der Waals surface area contributed by atoms with E-state index in [1.807, 2.05) is 65.0 Å². The van der Waals surface area contributed by atoms with Crippen LogP contribution in [0.1, 0.15) is 59.4 Å². The van der Waals surface area contributed by atoms with Crippen LogP contribution in [0.4, 0.5) is 0 Å². The number of aliphatic hydroxyl groups is 1. The molecule has 0 bridgehead atoms. The standard InChI is InChI=1S/C32H48N4O6S/c1-23(2)21-35(43(40,41)26-16-14-25(42-6)15-17-26)22-29(37)28(19-24-11-8-7-9-12-24)36(30(38)20-32(3,4)5)34-31(39)27-13-10-18-33-27/h7-9,11-12,14-17,23,27-29,33,37H,10,13,18-22H2,1-6H3,(H,34,39)/t27?,28-,29+/m0/s1. The number of rotatable bonds is 13. The van der Waals surface area contributed by atoms with Crippen molar-refractivity contribution in [3.05, 3.63) is 60.2 Å². The van der Waals surface area contributed by atoms with Gasteiger partial charge in [-0.1, -0.05) is 65.0 Å². The number of aliphatic hydroxyl groups excluding tert-OH is 1. The van der Waals surface area contributed by atoms with Crippen LogP contribution in [0.15, 0.2) is 59.5 Å². The van der Waals surface area contributed by atoms with E-state index in [0.717, 1.165) is 12.0 Å². The number of hydrogen-bond acceptors (Lipinski definition) is 7. The van der Waals surface area contributed by atoms with Gasteiger partial charge in [-0.05, 0) is 67.0 Å². The lowest BCUT2D eigenvalue weighted by Crippen LogP contribution is -2.61. The van der Waals surface area contributed by atoms with Crippen LogP contribution in [0.25, 0.3) is 0 Å². The highest BCUT2D eigenvalue weighted by Gasteiger charge is 2.38. The Bertz CT molecular complexity index is 1290. The number of sulfonamides is 1. The molecule has 2 aromatic carbocycles. The first-order valence-corrected chi connectivity index (χ1v) is 16.4. The third-order valence-electron chi connectivity index (χ3n) is 7.28. The zero-order valence-electron chi connectivity index (χ0n) is 26.2. The average Bonchev–Trinajstić information content (AvgIpc) is 3.49. The first-order valence-electron chi connectivity index (χ1n) is 14.9. The van der Waals surface area contributed by atoms with Gasteiger partial charge in [-0.25, -0.2) is 13.4 Å². The lowest BCUT2D eigenvalue weighted by molar-refractivity contribution is -0.150.